The Hall–Kier alpha value is -4.41. The summed E-state index contributed by atoms with van der Waals surface area (Å²) in [7, 11) is 1.45. The third-order valence-electron chi connectivity index (χ3n) is 8.77. The van der Waals surface area contributed by atoms with E-state index in [1.54, 1.807) is 35.6 Å². The Labute approximate surface area is 267 Å². The number of amides is 2. The first-order valence-corrected chi connectivity index (χ1v) is 15.2. The molecule has 2 N–H and O–H groups in total. The highest BCUT2D eigenvalue weighted by atomic mass is 19.4. The maximum absolute atomic E-state index is 13.8. The lowest BCUT2D eigenvalue weighted by Crippen LogP contribution is -2.57. The van der Waals surface area contributed by atoms with E-state index in [2.05, 4.69) is 35.6 Å². The van der Waals surface area contributed by atoms with Gasteiger partial charge >= 0.3 is 18.2 Å². The fourth-order valence-corrected chi connectivity index (χ4v) is 6.33. The predicted octanol–water partition coefficient (Wildman–Crippen LogP) is 4.79. The summed E-state index contributed by atoms with van der Waals surface area (Å²) in [5.74, 6) is 0.215. The van der Waals surface area contributed by atoms with E-state index >= 15 is 0 Å². The van der Waals surface area contributed by atoms with Crippen molar-refractivity contribution in [1.82, 2.24) is 30.2 Å². The first-order valence-electron chi connectivity index (χ1n) is 15.2. The predicted molar refractivity (Wildman–Crippen MR) is 160 cm³/mol. The van der Waals surface area contributed by atoms with Gasteiger partial charge in [-0.2, -0.15) is 18.2 Å². The molecule has 0 radical (unpaired) electrons. The number of hydrogen-bond donors (Lipinski definition) is 2. The van der Waals surface area contributed by atoms with Crippen LogP contribution in [0.2, 0.25) is 0 Å². The number of urea groups is 1. The molecular weight excluding hydrogens is 629 g/mol. The van der Waals surface area contributed by atoms with Crippen LogP contribution in [-0.4, -0.2) is 89.4 Å². The van der Waals surface area contributed by atoms with E-state index in [0.29, 0.717) is 63.1 Å². The third kappa shape index (κ3) is 7.29. The molecule has 17 heteroatoms. The average molecular weight is 664 g/mol. The van der Waals surface area contributed by atoms with Gasteiger partial charge < -0.3 is 25.0 Å². The van der Waals surface area contributed by atoms with E-state index in [9.17, 15) is 26.7 Å². The molecule has 3 fully saturated rings. The van der Waals surface area contributed by atoms with Crippen LogP contribution < -0.4 is 25.2 Å². The van der Waals surface area contributed by atoms with Crippen molar-refractivity contribution in [1.29, 1.82) is 0 Å². The topological polar surface area (TPSA) is 131 Å². The number of rotatable bonds is 9. The molecule has 3 aromatic heterocycles. The van der Waals surface area contributed by atoms with Crippen LogP contribution in [0.3, 0.4) is 0 Å². The minimum absolute atomic E-state index is 0.0892. The molecule has 6 rings (SSSR count). The summed E-state index contributed by atoms with van der Waals surface area (Å²) in [6, 6.07) is 2.31. The van der Waals surface area contributed by atoms with Crippen molar-refractivity contribution in [2.75, 3.05) is 55.1 Å². The molecule has 1 spiro atoms. The molecule has 0 bridgehead atoms. The average Bonchev–Trinajstić information content (AvgIpc) is 3.55. The maximum Gasteiger partial charge on any atom is 0.421 e. The van der Waals surface area contributed by atoms with Crippen molar-refractivity contribution in [2.24, 2.45) is 5.41 Å². The van der Waals surface area contributed by atoms with Gasteiger partial charge in [0, 0.05) is 73.1 Å². The van der Waals surface area contributed by atoms with E-state index in [0.717, 1.165) is 12.6 Å². The molecule has 2 amide bonds. The summed E-state index contributed by atoms with van der Waals surface area (Å²) in [5, 5.41) is 5.45. The normalized spacial score (nSPS) is 20.6. The second-order valence-electron chi connectivity index (χ2n) is 12.0. The molecule has 3 aromatic rings. The molecule has 252 valence electrons. The van der Waals surface area contributed by atoms with Crippen molar-refractivity contribution in [3.63, 3.8) is 0 Å². The van der Waals surface area contributed by atoms with Crippen molar-refractivity contribution >= 4 is 23.6 Å². The standard InChI is InChI=1S/C30H34F5N9O3/c1-46-27-38-11-19(12-39-27)18-2-7-24(36-10-18)44(28(45)40-14-23(31)32)21-5-3-20(4-6-21)41-26-37-13-22(30(33,34)35)25(42-26)43-15-29(16-43)8-9-47-17-29/h2,7,10-13,20-21,23H,3-6,8-9,14-17H2,1H3,(H,40,45)(H,37,41,42). The van der Waals surface area contributed by atoms with Gasteiger partial charge in [-0.25, -0.2) is 33.5 Å². The van der Waals surface area contributed by atoms with Gasteiger partial charge in [-0.1, -0.05) is 0 Å². The number of carbonyl (C=O) groups is 1. The molecule has 47 heavy (non-hydrogen) atoms. The third-order valence-corrected chi connectivity index (χ3v) is 8.77. The monoisotopic (exact) mass is 663 g/mol. The number of nitrogens with one attached hydrogen (secondary N) is 2. The zero-order valence-electron chi connectivity index (χ0n) is 25.5. The Balaban J connectivity index is 1.14. The zero-order valence-corrected chi connectivity index (χ0v) is 25.5. The quantitative estimate of drug-likeness (QED) is 0.309. The molecule has 0 aromatic carbocycles. The molecule has 2 aliphatic heterocycles. The van der Waals surface area contributed by atoms with E-state index < -0.39 is 30.7 Å². The van der Waals surface area contributed by atoms with Gasteiger partial charge in [-0.05, 0) is 44.2 Å². The molecule has 0 atom stereocenters. The summed E-state index contributed by atoms with van der Waals surface area (Å²) >= 11 is 0. The minimum Gasteiger partial charge on any atom is -0.467 e. The summed E-state index contributed by atoms with van der Waals surface area (Å²) in [4.78, 5) is 37.0. The Kier molecular flexibility index (Phi) is 9.25. The largest absolute Gasteiger partial charge is 0.467 e. The van der Waals surface area contributed by atoms with E-state index in [-0.39, 0.29) is 41.1 Å². The number of hydrogen-bond acceptors (Lipinski definition) is 10. The summed E-state index contributed by atoms with van der Waals surface area (Å²) in [6.07, 6.45) is 0.944. The van der Waals surface area contributed by atoms with Gasteiger partial charge in [-0.3, -0.25) is 4.90 Å². The highest BCUT2D eigenvalue weighted by molar-refractivity contribution is 5.91. The first kappa shape index (κ1) is 32.5. The first-order chi connectivity index (χ1) is 22.5. The Morgan fingerprint density at radius 2 is 1.79 bits per heavy atom. The lowest BCUT2D eigenvalue weighted by Gasteiger charge is -2.48. The highest BCUT2D eigenvalue weighted by Gasteiger charge is 2.49. The molecule has 12 nitrogen and oxygen atoms in total. The molecular formula is C30H34F5N9O3. The van der Waals surface area contributed by atoms with E-state index in [1.165, 1.54) is 12.0 Å². The number of pyridine rings is 1. The van der Waals surface area contributed by atoms with E-state index in [4.69, 9.17) is 9.47 Å². The Morgan fingerprint density at radius 1 is 1.06 bits per heavy atom. The Bertz CT molecular complexity index is 1520. The van der Waals surface area contributed by atoms with Gasteiger partial charge in [0.2, 0.25) is 5.95 Å². The lowest BCUT2D eigenvalue weighted by molar-refractivity contribution is -0.137. The zero-order chi connectivity index (χ0) is 33.2. The van der Waals surface area contributed by atoms with Crippen LogP contribution in [0.1, 0.15) is 37.7 Å². The van der Waals surface area contributed by atoms with E-state index in [1.807, 2.05) is 0 Å². The van der Waals surface area contributed by atoms with Crippen molar-refractivity contribution in [2.45, 2.75) is 56.8 Å². The number of carbonyl (C=O) groups excluding carboxylic acids is 1. The smallest absolute Gasteiger partial charge is 0.421 e. The van der Waals surface area contributed by atoms with Gasteiger partial charge in [0.05, 0.1) is 20.3 Å². The molecule has 5 heterocycles. The lowest BCUT2D eigenvalue weighted by atomic mass is 9.79. The SMILES string of the molecule is COc1ncc(-c2ccc(N(C(=O)NCC(F)F)C3CCC(Nc4ncc(C(F)(F)F)c(N5CC6(CCOC6)C5)n4)CC3)nc2)cn1. The number of aromatic nitrogens is 5. The molecule has 3 aliphatic rings. The van der Waals surface area contributed by atoms with Crippen LogP contribution in [0.4, 0.5) is 44.3 Å². The van der Waals surface area contributed by atoms with Gasteiger partial charge in [0.25, 0.3) is 6.43 Å². The van der Waals surface area contributed by atoms with Gasteiger partial charge in [-0.15, -0.1) is 0 Å². The van der Waals surface area contributed by atoms with Crippen LogP contribution in [0, 0.1) is 5.41 Å². The number of halogens is 5. The summed E-state index contributed by atoms with van der Waals surface area (Å²) in [6.45, 7) is 1.18. The number of ether oxygens (including phenoxy) is 2. The van der Waals surface area contributed by atoms with Crippen molar-refractivity contribution in [3.8, 4) is 17.1 Å². The van der Waals surface area contributed by atoms with Crippen LogP contribution in [0.15, 0.2) is 36.9 Å². The highest BCUT2D eigenvalue weighted by Crippen LogP contribution is 2.44. The Morgan fingerprint density at radius 3 is 2.38 bits per heavy atom. The van der Waals surface area contributed by atoms with Crippen molar-refractivity contribution in [3.05, 3.63) is 42.5 Å². The maximum atomic E-state index is 13.8. The van der Waals surface area contributed by atoms with Crippen LogP contribution in [0.5, 0.6) is 6.01 Å². The number of alkyl halides is 5. The van der Waals surface area contributed by atoms with Gasteiger partial charge in [0.1, 0.15) is 17.2 Å². The minimum atomic E-state index is -4.61. The fraction of sp³-hybridized carbons (Fsp3) is 0.533. The molecule has 1 aliphatic carbocycles. The molecule has 2 saturated heterocycles. The van der Waals surface area contributed by atoms with Crippen LogP contribution in [0.25, 0.3) is 11.1 Å². The molecule has 0 unspecified atom stereocenters. The number of nitrogens with zero attached hydrogens (tertiary/aromatic N) is 7. The fourth-order valence-electron chi connectivity index (χ4n) is 6.33. The summed E-state index contributed by atoms with van der Waals surface area (Å²) in [5.41, 5.74) is 0.328. The number of methoxy groups -OCH3 is 1. The van der Waals surface area contributed by atoms with Gasteiger partial charge in [0.15, 0.2) is 0 Å². The second kappa shape index (κ2) is 13.4. The molecule has 1 saturated carbocycles. The van der Waals surface area contributed by atoms with Crippen LogP contribution >= 0.6 is 0 Å². The summed E-state index contributed by atoms with van der Waals surface area (Å²) < 4.78 is 77.9. The second-order valence-corrected chi connectivity index (χ2v) is 12.0. The number of anilines is 3. The van der Waals surface area contributed by atoms with Crippen molar-refractivity contribution < 1.29 is 36.2 Å². The van der Waals surface area contributed by atoms with Crippen LogP contribution in [-0.2, 0) is 10.9 Å².